The summed E-state index contributed by atoms with van der Waals surface area (Å²) in [6.45, 7) is 5.00. The highest BCUT2D eigenvalue weighted by molar-refractivity contribution is 5.88. The van der Waals surface area contributed by atoms with Gasteiger partial charge >= 0.3 is 17.8 Å². The van der Waals surface area contributed by atoms with Gasteiger partial charge in [-0.05, 0) is 56.2 Å². The maximum Gasteiger partial charge on any atom is 0.416 e. The van der Waals surface area contributed by atoms with E-state index < -0.39 is 41.1 Å². The van der Waals surface area contributed by atoms with E-state index in [0.29, 0.717) is 17.7 Å². The van der Waals surface area contributed by atoms with Crippen molar-refractivity contribution in [1.29, 1.82) is 0 Å². The van der Waals surface area contributed by atoms with Gasteiger partial charge in [-0.3, -0.25) is 13.9 Å². The summed E-state index contributed by atoms with van der Waals surface area (Å²) in [7, 11) is 0. The topological polar surface area (TPSA) is 88.1 Å². The fraction of sp³-hybridized carbons (Fsp3) is 0.280. The second kappa shape index (κ2) is 9.48. The van der Waals surface area contributed by atoms with E-state index >= 15 is 0 Å². The Hall–Kier alpha value is -4.15. The molecule has 0 aliphatic rings. The van der Waals surface area contributed by atoms with Gasteiger partial charge in [0.25, 0.3) is 5.56 Å². The molecule has 0 saturated heterocycles. The summed E-state index contributed by atoms with van der Waals surface area (Å²) in [4.78, 5) is 43.5. The molecule has 11 heteroatoms. The zero-order valence-electron chi connectivity index (χ0n) is 19.8. The summed E-state index contributed by atoms with van der Waals surface area (Å²) in [6, 6.07) is 8.56. The van der Waals surface area contributed by atoms with Crippen LogP contribution in [0.15, 0.2) is 58.5 Å². The number of halogens is 3. The van der Waals surface area contributed by atoms with Crippen molar-refractivity contribution in [3.63, 3.8) is 0 Å². The van der Waals surface area contributed by atoms with Gasteiger partial charge in [0.2, 0.25) is 0 Å². The molecule has 0 spiro atoms. The Bertz CT molecular complexity index is 1580. The minimum Gasteiger partial charge on any atom is -0.462 e. The van der Waals surface area contributed by atoms with Crippen LogP contribution in [0.1, 0.15) is 40.9 Å². The van der Waals surface area contributed by atoms with E-state index in [9.17, 15) is 27.6 Å². The number of hydrogen-bond donors (Lipinski definition) is 0. The number of ether oxygens (including phenoxy) is 1. The van der Waals surface area contributed by atoms with Gasteiger partial charge in [0.1, 0.15) is 5.56 Å². The highest BCUT2D eigenvalue weighted by Crippen LogP contribution is 2.33. The molecule has 4 rings (SSSR count). The Morgan fingerprint density at radius 1 is 1.11 bits per heavy atom. The molecule has 0 atom stereocenters. The Morgan fingerprint density at radius 2 is 1.86 bits per heavy atom. The third-order valence-electron chi connectivity index (χ3n) is 5.97. The zero-order chi connectivity index (χ0) is 26.2. The fourth-order valence-corrected chi connectivity index (χ4v) is 4.06. The molecule has 0 saturated carbocycles. The van der Waals surface area contributed by atoms with E-state index in [1.165, 1.54) is 19.1 Å². The summed E-state index contributed by atoms with van der Waals surface area (Å²) in [5.74, 6) is -0.942. The maximum atomic E-state index is 13.4. The molecule has 0 aliphatic carbocycles. The molecule has 2 heterocycles. The average molecular weight is 500 g/mol. The minimum atomic E-state index is -4.60. The molecule has 0 aliphatic heterocycles. The van der Waals surface area contributed by atoms with Gasteiger partial charge in [0.05, 0.1) is 41.8 Å². The number of hydrogen-bond acceptors (Lipinski definition) is 5. The van der Waals surface area contributed by atoms with Crippen molar-refractivity contribution < 1.29 is 22.7 Å². The lowest BCUT2D eigenvalue weighted by atomic mass is 10.0. The molecule has 4 aromatic rings. The zero-order valence-corrected chi connectivity index (χ0v) is 19.8. The van der Waals surface area contributed by atoms with Crippen molar-refractivity contribution in [3.05, 3.63) is 92.0 Å². The second-order valence-electron chi connectivity index (χ2n) is 8.10. The molecule has 188 valence electrons. The van der Waals surface area contributed by atoms with Crippen LogP contribution in [0.25, 0.3) is 16.7 Å². The summed E-state index contributed by atoms with van der Waals surface area (Å²) in [5.41, 5.74) is -1.31. The first kappa shape index (κ1) is 25.0. The van der Waals surface area contributed by atoms with E-state index in [2.05, 4.69) is 4.98 Å². The van der Waals surface area contributed by atoms with Crippen LogP contribution in [0, 0.1) is 6.92 Å². The Labute approximate surface area is 203 Å². The lowest BCUT2D eigenvalue weighted by Gasteiger charge is -2.16. The number of aryl methyl sites for hydroxylation is 1. The number of imidazole rings is 1. The first-order valence-corrected chi connectivity index (χ1v) is 11.2. The van der Waals surface area contributed by atoms with Gasteiger partial charge in [0.15, 0.2) is 0 Å². The number of esters is 1. The van der Waals surface area contributed by atoms with Gasteiger partial charge in [-0.25, -0.2) is 14.6 Å². The van der Waals surface area contributed by atoms with Gasteiger partial charge in [-0.1, -0.05) is 12.1 Å². The molecular weight excluding hydrogens is 477 g/mol. The average Bonchev–Trinajstić information content (AvgIpc) is 3.24. The largest absolute Gasteiger partial charge is 0.462 e. The van der Waals surface area contributed by atoms with Crippen LogP contribution in [0.3, 0.4) is 0 Å². The van der Waals surface area contributed by atoms with Crippen LogP contribution in [0.5, 0.6) is 0 Å². The monoisotopic (exact) mass is 500 g/mol. The minimum absolute atomic E-state index is 0.00938. The lowest BCUT2D eigenvalue weighted by molar-refractivity contribution is -0.138. The predicted molar refractivity (Wildman–Crippen MR) is 127 cm³/mol. The molecule has 0 amide bonds. The highest BCUT2D eigenvalue weighted by atomic mass is 19.4. The summed E-state index contributed by atoms with van der Waals surface area (Å²) in [6.07, 6.45) is -1.86. The maximum absolute atomic E-state index is 13.4. The summed E-state index contributed by atoms with van der Waals surface area (Å²) in [5, 5.41) is 0. The number of alkyl halides is 3. The molecule has 8 nitrogen and oxygen atoms in total. The molecule has 2 aromatic heterocycles. The van der Waals surface area contributed by atoms with Crippen molar-refractivity contribution in [3.8, 4) is 5.69 Å². The van der Waals surface area contributed by atoms with E-state index in [-0.39, 0.29) is 17.7 Å². The third kappa shape index (κ3) is 4.43. The number of rotatable bonds is 6. The predicted octanol–water partition coefficient (Wildman–Crippen LogP) is 3.92. The third-order valence-corrected chi connectivity index (χ3v) is 5.97. The SMILES string of the molecule is CCOC(=O)c1cn(-c2ccc3c(c2)ncn3CC)c(=O)n(Cc2cccc(C(F)(F)F)c2C)c1=O. The first-order valence-electron chi connectivity index (χ1n) is 11.2. The van der Waals surface area contributed by atoms with Gasteiger partial charge < -0.3 is 9.30 Å². The van der Waals surface area contributed by atoms with E-state index in [1.807, 2.05) is 11.5 Å². The number of carbonyl (C=O) groups excluding carboxylic acids is 1. The standard InChI is InChI=1S/C25H23F3N4O4/c1-4-30-14-29-20-11-17(9-10-21(20)30)31-13-18(23(34)36-5-2)22(33)32(24(31)35)12-16-7-6-8-19(15(16)3)25(26,27)28/h6-11,13-14H,4-5,12H2,1-3H3. The summed E-state index contributed by atoms with van der Waals surface area (Å²) < 4.78 is 49.0. The lowest BCUT2D eigenvalue weighted by Crippen LogP contribution is -2.42. The highest BCUT2D eigenvalue weighted by Gasteiger charge is 2.33. The van der Waals surface area contributed by atoms with E-state index in [1.54, 1.807) is 31.5 Å². The van der Waals surface area contributed by atoms with E-state index in [4.69, 9.17) is 4.74 Å². The van der Waals surface area contributed by atoms with Crippen molar-refractivity contribution in [2.45, 2.75) is 40.0 Å². The van der Waals surface area contributed by atoms with Crippen molar-refractivity contribution in [2.24, 2.45) is 0 Å². The van der Waals surface area contributed by atoms with Crippen LogP contribution >= 0.6 is 0 Å². The van der Waals surface area contributed by atoms with Crippen LogP contribution in [-0.4, -0.2) is 31.3 Å². The van der Waals surface area contributed by atoms with Crippen molar-refractivity contribution >= 4 is 17.0 Å². The molecule has 36 heavy (non-hydrogen) atoms. The molecule has 0 bridgehead atoms. The molecular formula is C25H23F3N4O4. The molecule has 0 radical (unpaired) electrons. The Kier molecular flexibility index (Phi) is 6.57. The second-order valence-corrected chi connectivity index (χ2v) is 8.10. The number of fused-ring (bicyclic) bond motifs is 1. The number of carbonyl (C=O) groups is 1. The molecule has 0 unspecified atom stereocenters. The molecule has 0 N–H and O–H groups in total. The van der Waals surface area contributed by atoms with Crippen LogP contribution in [0.4, 0.5) is 13.2 Å². The molecule has 0 fully saturated rings. The Morgan fingerprint density at radius 3 is 2.53 bits per heavy atom. The van der Waals surface area contributed by atoms with E-state index in [0.717, 1.165) is 26.9 Å². The normalized spacial score (nSPS) is 11.7. The van der Waals surface area contributed by atoms with Gasteiger partial charge in [0, 0.05) is 12.7 Å². The van der Waals surface area contributed by atoms with Crippen LogP contribution < -0.4 is 11.2 Å². The van der Waals surface area contributed by atoms with Gasteiger partial charge in [-0.2, -0.15) is 13.2 Å². The fourth-order valence-electron chi connectivity index (χ4n) is 4.06. The first-order chi connectivity index (χ1) is 17.1. The number of aromatic nitrogens is 4. The van der Waals surface area contributed by atoms with Crippen LogP contribution in [-0.2, 0) is 24.0 Å². The van der Waals surface area contributed by atoms with Crippen molar-refractivity contribution in [1.82, 2.24) is 18.7 Å². The van der Waals surface area contributed by atoms with Crippen molar-refractivity contribution in [2.75, 3.05) is 6.61 Å². The smallest absolute Gasteiger partial charge is 0.416 e. The van der Waals surface area contributed by atoms with Crippen LogP contribution in [0.2, 0.25) is 0 Å². The van der Waals surface area contributed by atoms with Gasteiger partial charge in [-0.15, -0.1) is 0 Å². The summed E-state index contributed by atoms with van der Waals surface area (Å²) >= 11 is 0. The molecule has 2 aromatic carbocycles. The number of benzene rings is 2. The number of nitrogens with zero attached hydrogens (tertiary/aromatic N) is 4. The Balaban J connectivity index is 1.92. The quantitative estimate of drug-likeness (QED) is 0.375.